The summed E-state index contributed by atoms with van der Waals surface area (Å²) in [5.74, 6) is 0. The van der Waals surface area contributed by atoms with Crippen molar-refractivity contribution in [2.75, 3.05) is 0 Å². The third-order valence-electron chi connectivity index (χ3n) is 2.91. The van der Waals surface area contributed by atoms with Crippen molar-refractivity contribution in [1.29, 1.82) is 0 Å². The van der Waals surface area contributed by atoms with Crippen LogP contribution < -0.4 is 0 Å². The first-order valence-corrected chi connectivity index (χ1v) is 5.57. The molecule has 1 nitrogen and oxygen atoms in total. The smallest absolute Gasteiger partial charge is 0.134 e. The van der Waals surface area contributed by atoms with E-state index in [1.165, 1.54) is 0 Å². The Hall–Kier alpha value is -2.28. The van der Waals surface area contributed by atoms with Gasteiger partial charge in [0, 0.05) is 10.9 Å². The third kappa shape index (κ3) is 1.66. The first kappa shape index (κ1) is 9.91. The van der Waals surface area contributed by atoms with Crippen LogP contribution in [0.3, 0.4) is 0 Å². The molecular weight excluding hydrogens is 208 g/mol. The van der Waals surface area contributed by atoms with Crippen LogP contribution in [0.15, 0.2) is 65.8 Å². The van der Waals surface area contributed by atoms with Crippen molar-refractivity contribution in [3.63, 3.8) is 0 Å². The van der Waals surface area contributed by atoms with Crippen LogP contribution in [-0.4, -0.2) is 0 Å². The number of fused-ring (bicyclic) bond motifs is 1. The van der Waals surface area contributed by atoms with E-state index in [4.69, 9.17) is 4.42 Å². The molecule has 0 N–H and O–H groups in total. The lowest BCUT2D eigenvalue weighted by molar-refractivity contribution is 0.617. The van der Waals surface area contributed by atoms with E-state index in [1.54, 1.807) is 0 Å². The number of furan rings is 1. The highest BCUT2D eigenvalue weighted by molar-refractivity contribution is 5.94. The fourth-order valence-electron chi connectivity index (χ4n) is 2.03. The van der Waals surface area contributed by atoms with Gasteiger partial charge < -0.3 is 4.42 Å². The van der Waals surface area contributed by atoms with E-state index in [9.17, 15) is 0 Å². The number of para-hydroxylation sites is 1. The predicted octanol–water partition coefficient (Wildman–Crippen LogP) is 4.74. The van der Waals surface area contributed by atoms with Crippen molar-refractivity contribution in [1.82, 2.24) is 0 Å². The van der Waals surface area contributed by atoms with Crippen LogP contribution in [0.4, 0.5) is 0 Å². The first-order chi connectivity index (χ1) is 8.38. The first-order valence-electron chi connectivity index (χ1n) is 5.57. The maximum atomic E-state index is 5.55. The predicted molar refractivity (Wildman–Crippen MR) is 71.7 cm³/mol. The van der Waals surface area contributed by atoms with E-state index >= 15 is 0 Å². The highest BCUT2D eigenvalue weighted by atomic mass is 16.3. The summed E-state index contributed by atoms with van der Waals surface area (Å²) in [6.07, 6.45) is 3.67. The molecule has 0 amide bonds. The van der Waals surface area contributed by atoms with Crippen LogP contribution >= 0.6 is 0 Å². The Bertz CT molecular complexity index is 677. The van der Waals surface area contributed by atoms with Gasteiger partial charge in [0.2, 0.25) is 0 Å². The maximum absolute atomic E-state index is 5.55. The Morgan fingerprint density at radius 1 is 1.00 bits per heavy atom. The molecule has 3 aromatic rings. The molecule has 0 fully saturated rings. The van der Waals surface area contributed by atoms with Crippen LogP contribution in [-0.2, 0) is 0 Å². The molecule has 0 aliphatic carbocycles. The largest absolute Gasteiger partial charge is 0.464 e. The molecule has 0 unspecified atom stereocenters. The quantitative estimate of drug-likeness (QED) is 0.607. The molecular formula is C16H12O. The molecule has 0 saturated carbocycles. The minimum atomic E-state index is 0.923. The van der Waals surface area contributed by atoms with Gasteiger partial charge in [0.1, 0.15) is 5.58 Å². The number of hydrogen-bond acceptors (Lipinski definition) is 1. The molecule has 1 heterocycles. The Balaban J connectivity index is 2.23. The minimum Gasteiger partial charge on any atom is -0.464 e. The second kappa shape index (κ2) is 3.95. The maximum Gasteiger partial charge on any atom is 0.134 e. The van der Waals surface area contributed by atoms with Gasteiger partial charge in [0.25, 0.3) is 0 Å². The van der Waals surface area contributed by atoms with E-state index in [0.717, 1.165) is 27.7 Å². The van der Waals surface area contributed by atoms with Crippen molar-refractivity contribution >= 4 is 17.0 Å². The van der Waals surface area contributed by atoms with Gasteiger partial charge in [-0.15, -0.1) is 0 Å². The fraction of sp³-hybridized carbons (Fsp3) is 0. The molecule has 0 saturated heterocycles. The van der Waals surface area contributed by atoms with Crippen molar-refractivity contribution < 1.29 is 4.42 Å². The van der Waals surface area contributed by atoms with E-state index < -0.39 is 0 Å². The van der Waals surface area contributed by atoms with Crippen LogP contribution in [0.1, 0.15) is 5.56 Å². The monoisotopic (exact) mass is 220 g/mol. The zero-order valence-corrected chi connectivity index (χ0v) is 9.39. The average molecular weight is 220 g/mol. The van der Waals surface area contributed by atoms with Gasteiger partial charge >= 0.3 is 0 Å². The van der Waals surface area contributed by atoms with E-state index in [-0.39, 0.29) is 0 Å². The number of rotatable bonds is 2. The van der Waals surface area contributed by atoms with Gasteiger partial charge in [0.05, 0.1) is 6.26 Å². The molecule has 0 spiro atoms. The van der Waals surface area contributed by atoms with Gasteiger partial charge in [-0.3, -0.25) is 0 Å². The van der Waals surface area contributed by atoms with Crippen LogP contribution in [0.2, 0.25) is 0 Å². The summed E-state index contributed by atoms with van der Waals surface area (Å²) in [7, 11) is 0. The summed E-state index contributed by atoms with van der Waals surface area (Å²) in [5, 5.41) is 1.15. The Morgan fingerprint density at radius 2 is 1.88 bits per heavy atom. The molecule has 1 heteroatoms. The third-order valence-corrected chi connectivity index (χ3v) is 2.91. The zero-order chi connectivity index (χ0) is 11.7. The van der Waals surface area contributed by atoms with Crippen LogP contribution in [0.5, 0.6) is 0 Å². The van der Waals surface area contributed by atoms with E-state index in [0.29, 0.717) is 0 Å². The average Bonchev–Trinajstić information content (AvgIpc) is 2.82. The summed E-state index contributed by atoms with van der Waals surface area (Å²) in [5.41, 5.74) is 4.33. The number of hydrogen-bond donors (Lipinski definition) is 0. The fourth-order valence-corrected chi connectivity index (χ4v) is 2.03. The van der Waals surface area contributed by atoms with Gasteiger partial charge in [-0.1, -0.05) is 49.1 Å². The normalized spacial score (nSPS) is 10.6. The Labute approximate surface area is 100 Å². The molecule has 1 aromatic heterocycles. The minimum absolute atomic E-state index is 0.923. The molecule has 3 rings (SSSR count). The number of benzene rings is 2. The highest BCUT2D eigenvalue weighted by Crippen LogP contribution is 2.30. The highest BCUT2D eigenvalue weighted by Gasteiger charge is 2.06. The molecule has 17 heavy (non-hydrogen) atoms. The van der Waals surface area contributed by atoms with Gasteiger partial charge in [-0.25, -0.2) is 0 Å². The summed E-state index contributed by atoms with van der Waals surface area (Å²) in [6, 6.07) is 16.3. The summed E-state index contributed by atoms with van der Waals surface area (Å²) in [6.45, 7) is 3.79. The summed E-state index contributed by atoms with van der Waals surface area (Å²) in [4.78, 5) is 0. The van der Waals surface area contributed by atoms with Crippen molar-refractivity contribution in [2.24, 2.45) is 0 Å². The van der Waals surface area contributed by atoms with Gasteiger partial charge in [-0.2, -0.15) is 0 Å². The molecule has 82 valence electrons. The van der Waals surface area contributed by atoms with Gasteiger partial charge in [0.15, 0.2) is 0 Å². The Morgan fingerprint density at radius 3 is 2.76 bits per heavy atom. The molecule has 0 atom stereocenters. The van der Waals surface area contributed by atoms with Crippen molar-refractivity contribution in [3.05, 3.63) is 66.9 Å². The van der Waals surface area contributed by atoms with E-state index in [2.05, 4.69) is 24.8 Å². The lowest BCUT2D eigenvalue weighted by Gasteiger charge is -2.00. The standard InChI is InChI=1S/C16H12O/c1-2-12-6-5-7-13(10-12)15-11-17-16-9-4-3-8-14(15)16/h2-11H,1H2. The molecule has 2 aromatic carbocycles. The summed E-state index contributed by atoms with van der Waals surface area (Å²) < 4.78 is 5.55. The topological polar surface area (TPSA) is 13.1 Å². The SMILES string of the molecule is C=Cc1cccc(-c2coc3ccccc23)c1. The van der Waals surface area contributed by atoms with Crippen molar-refractivity contribution in [2.45, 2.75) is 0 Å². The lowest BCUT2D eigenvalue weighted by atomic mass is 10.0. The molecule has 0 radical (unpaired) electrons. The summed E-state index contributed by atoms with van der Waals surface area (Å²) >= 11 is 0. The lowest BCUT2D eigenvalue weighted by Crippen LogP contribution is -1.77. The molecule has 0 aliphatic heterocycles. The second-order valence-corrected chi connectivity index (χ2v) is 3.98. The van der Waals surface area contributed by atoms with Crippen LogP contribution in [0, 0.1) is 0 Å². The zero-order valence-electron chi connectivity index (χ0n) is 9.39. The molecule has 0 aliphatic rings. The van der Waals surface area contributed by atoms with Gasteiger partial charge in [-0.05, 0) is 23.3 Å². The second-order valence-electron chi connectivity index (χ2n) is 3.98. The van der Waals surface area contributed by atoms with Crippen molar-refractivity contribution in [3.8, 4) is 11.1 Å². The van der Waals surface area contributed by atoms with Crippen LogP contribution in [0.25, 0.3) is 28.2 Å². The molecule has 0 bridgehead atoms. The van der Waals surface area contributed by atoms with E-state index in [1.807, 2.05) is 42.7 Å². The Kier molecular flexibility index (Phi) is 2.30.